The van der Waals surface area contributed by atoms with Crippen LogP contribution in [0.5, 0.6) is 0 Å². The molecule has 2 aliphatic heterocycles. The van der Waals surface area contributed by atoms with Gasteiger partial charge in [0.15, 0.2) is 0 Å². The molecule has 2 aromatic rings. The molecule has 0 bridgehead atoms. The Morgan fingerprint density at radius 1 is 1.10 bits per heavy atom. The van der Waals surface area contributed by atoms with Crippen LogP contribution >= 0.6 is 0 Å². The first kappa shape index (κ1) is 20.3. The summed E-state index contributed by atoms with van der Waals surface area (Å²) < 4.78 is 5.90. The third-order valence-electron chi connectivity index (χ3n) is 6.00. The lowest BCUT2D eigenvalue weighted by atomic mass is 9.94. The van der Waals surface area contributed by atoms with Gasteiger partial charge in [-0.25, -0.2) is 4.98 Å². The molecule has 8 nitrogen and oxygen atoms in total. The van der Waals surface area contributed by atoms with Crippen LogP contribution in [-0.2, 0) is 14.3 Å². The van der Waals surface area contributed by atoms with E-state index in [1.54, 1.807) is 17.9 Å². The monoisotopic (exact) mass is 410 g/mol. The molecule has 0 unspecified atom stereocenters. The lowest BCUT2D eigenvalue weighted by molar-refractivity contribution is -0.146. The number of ether oxygens (including phenoxy) is 1. The fourth-order valence-corrected chi connectivity index (χ4v) is 4.29. The molecule has 30 heavy (non-hydrogen) atoms. The molecule has 8 heteroatoms. The number of pyridine rings is 1. The number of primary amides is 1. The number of hydrogen-bond donors (Lipinski definition) is 1. The van der Waals surface area contributed by atoms with Crippen molar-refractivity contribution in [2.45, 2.75) is 25.9 Å². The van der Waals surface area contributed by atoms with Gasteiger partial charge in [0, 0.05) is 37.9 Å². The Hall–Kier alpha value is -3.00. The molecular formula is C22H26N4O4. The maximum atomic E-state index is 13.1. The van der Waals surface area contributed by atoms with Gasteiger partial charge in [0.25, 0.3) is 0 Å². The normalized spacial score (nSPS) is 20.4. The summed E-state index contributed by atoms with van der Waals surface area (Å²) in [5.41, 5.74) is 7.26. The summed E-state index contributed by atoms with van der Waals surface area (Å²) >= 11 is 0. The van der Waals surface area contributed by atoms with Crippen molar-refractivity contribution >= 4 is 28.6 Å². The minimum atomic E-state index is -0.518. The lowest BCUT2D eigenvalue weighted by Crippen LogP contribution is -2.48. The van der Waals surface area contributed by atoms with Crippen LogP contribution in [0.1, 0.15) is 41.9 Å². The second-order valence-corrected chi connectivity index (χ2v) is 7.90. The number of carbonyl (C=O) groups excluding carboxylic acids is 3. The number of para-hydroxylation sites is 1. The van der Waals surface area contributed by atoms with Gasteiger partial charge >= 0.3 is 0 Å². The van der Waals surface area contributed by atoms with Gasteiger partial charge in [-0.15, -0.1) is 0 Å². The van der Waals surface area contributed by atoms with Crippen molar-refractivity contribution in [1.29, 1.82) is 0 Å². The average Bonchev–Trinajstić information content (AvgIpc) is 2.77. The van der Waals surface area contributed by atoms with E-state index in [1.165, 1.54) is 0 Å². The smallest absolute Gasteiger partial charge is 0.249 e. The highest BCUT2D eigenvalue weighted by molar-refractivity contribution is 6.05. The Kier molecular flexibility index (Phi) is 5.67. The average molecular weight is 410 g/mol. The molecule has 0 saturated carbocycles. The molecule has 2 fully saturated rings. The van der Waals surface area contributed by atoms with Crippen molar-refractivity contribution in [2.24, 2.45) is 11.7 Å². The summed E-state index contributed by atoms with van der Waals surface area (Å²) in [5.74, 6) is -0.441. The zero-order chi connectivity index (χ0) is 21.3. The number of aromatic nitrogens is 1. The number of fused-ring (bicyclic) bond motifs is 1. The maximum absolute atomic E-state index is 13.1. The zero-order valence-electron chi connectivity index (χ0n) is 17.0. The summed E-state index contributed by atoms with van der Waals surface area (Å²) in [4.78, 5) is 44.8. The first-order valence-electron chi connectivity index (χ1n) is 10.3. The number of carbonyl (C=O) groups is 3. The first-order valence-corrected chi connectivity index (χ1v) is 10.3. The van der Waals surface area contributed by atoms with Crippen molar-refractivity contribution in [1.82, 2.24) is 14.8 Å². The largest absolute Gasteiger partial charge is 0.368 e. The molecule has 0 aliphatic carbocycles. The quantitative estimate of drug-likeness (QED) is 0.825. The maximum Gasteiger partial charge on any atom is 0.249 e. The number of likely N-dealkylation sites (tertiary alicyclic amines) is 1. The Labute approximate surface area is 175 Å². The van der Waals surface area contributed by atoms with E-state index in [0.717, 1.165) is 0 Å². The molecule has 1 aromatic carbocycles. The van der Waals surface area contributed by atoms with E-state index in [4.69, 9.17) is 10.5 Å². The van der Waals surface area contributed by atoms with Crippen molar-refractivity contribution in [2.75, 3.05) is 32.8 Å². The molecular weight excluding hydrogens is 384 g/mol. The number of rotatable bonds is 3. The van der Waals surface area contributed by atoms with Crippen LogP contribution in [0.15, 0.2) is 30.3 Å². The Balaban J connectivity index is 1.51. The SMILES string of the molecule is CC(=O)N1CCC(C(=O)N2CCO[C@H](c3cc(C(N)=O)c4ccccc4n3)C2)CC1. The number of amides is 3. The van der Waals surface area contributed by atoms with Gasteiger partial charge in [0.2, 0.25) is 17.7 Å². The van der Waals surface area contributed by atoms with E-state index in [-0.39, 0.29) is 17.7 Å². The van der Waals surface area contributed by atoms with Crippen molar-refractivity contribution in [3.8, 4) is 0 Å². The van der Waals surface area contributed by atoms with Crippen molar-refractivity contribution in [3.05, 3.63) is 41.6 Å². The minimum Gasteiger partial charge on any atom is -0.368 e. The molecule has 4 rings (SSSR count). The molecule has 1 atom stereocenters. The van der Waals surface area contributed by atoms with Crippen LogP contribution in [0.4, 0.5) is 0 Å². The van der Waals surface area contributed by atoms with Crippen LogP contribution in [0.3, 0.4) is 0 Å². The number of nitrogens with two attached hydrogens (primary N) is 1. The molecule has 3 amide bonds. The number of morpholine rings is 1. The van der Waals surface area contributed by atoms with Gasteiger partial charge in [-0.2, -0.15) is 0 Å². The lowest BCUT2D eigenvalue weighted by Gasteiger charge is -2.37. The van der Waals surface area contributed by atoms with Crippen molar-refractivity contribution in [3.63, 3.8) is 0 Å². The fraction of sp³-hybridized carbons (Fsp3) is 0.455. The molecule has 0 spiro atoms. The number of nitrogens with zero attached hydrogens (tertiary/aromatic N) is 3. The van der Waals surface area contributed by atoms with E-state index >= 15 is 0 Å². The third-order valence-corrected chi connectivity index (χ3v) is 6.00. The predicted molar refractivity (Wildman–Crippen MR) is 111 cm³/mol. The molecule has 3 heterocycles. The number of hydrogen-bond acceptors (Lipinski definition) is 5. The highest BCUT2D eigenvalue weighted by atomic mass is 16.5. The topological polar surface area (TPSA) is 106 Å². The van der Waals surface area contributed by atoms with E-state index in [2.05, 4.69) is 4.98 Å². The second kappa shape index (κ2) is 8.39. The first-order chi connectivity index (χ1) is 14.4. The highest BCUT2D eigenvalue weighted by Gasteiger charge is 2.33. The van der Waals surface area contributed by atoms with Gasteiger partial charge in [0.1, 0.15) is 6.10 Å². The van der Waals surface area contributed by atoms with Gasteiger partial charge in [0.05, 0.1) is 29.9 Å². The van der Waals surface area contributed by atoms with Crippen LogP contribution in [0.2, 0.25) is 0 Å². The summed E-state index contributed by atoms with van der Waals surface area (Å²) in [5, 5.41) is 0.703. The molecule has 2 aliphatic rings. The van der Waals surface area contributed by atoms with Crippen LogP contribution in [-0.4, -0.2) is 65.3 Å². The van der Waals surface area contributed by atoms with E-state index in [1.807, 2.05) is 29.2 Å². The molecule has 2 N–H and O–H groups in total. The summed E-state index contributed by atoms with van der Waals surface area (Å²) in [6, 6.07) is 9.02. The van der Waals surface area contributed by atoms with Gasteiger partial charge in [-0.3, -0.25) is 14.4 Å². The number of benzene rings is 1. The van der Waals surface area contributed by atoms with E-state index in [9.17, 15) is 14.4 Å². The van der Waals surface area contributed by atoms with E-state index in [0.29, 0.717) is 67.8 Å². The molecule has 2 saturated heterocycles. The van der Waals surface area contributed by atoms with Gasteiger partial charge in [-0.1, -0.05) is 18.2 Å². The Morgan fingerprint density at radius 3 is 2.53 bits per heavy atom. The minimum absolute atomic E-state index is 0.0555. The van der Waals surface area contributed by atoms with Crippen LogP contribution in [0.25, 0.3) is 10.9 Å². The van der Waals surface area contributed by atoms with E-state index < -0.39 is 12.0 Å². The highest BCUT2D eigenvalue weighted by Crippen LogP contribution is 2.28. The fourth-order valence-electron chi connectivity index (χ4n) is 4.29. The van der Waals surface area contributed by atoms with Crippen LogP contribution < -0.4 is 5.73 Å². The van der Waals surface area contributed by atoms with Crippen molar-refractivity contribution < 1.29 is 19.1 Å². The Bertz CT molecular complexity index is 984. The third kappa shape index (κ3) is 4.00. The number of piperidine rings is 1. The second-order valence-electron chi connectivity index (χ2n) is 7.90. The standard InChI is InChI=1S/C22H26N4O4/c1-14(27)25-8-6-15(7-9-25)22(29)26-10-11-30-20(13-26)19-12-17(21(23)28)16-4-2-3-5-18(16)24-19/h2-5,12,15,20H,6-11,13H2,1H3,(H2,23,28)/t20-/m0/s1. The summed E-state index contributed by atoms with van der Waals surface area (Å²) in [7, 11) is 0. The molecule has 1 aromatic heterocycles. The summed E-state index contributed by atoms with van der Waals surface area (Å²) in [6.07, 6.45) is 0.948. The van der Waals surface area contributed by atoms with Crippen LogP contribution in [0, 0.1) is 5.92 Å². The molecule has 0 radical (unpaired) electrons. The summed E-state index contributed by atoms with van der Waals surface area (Å²) in [6.45, 7) is 4.12. The molecule has 158 valence electrons. The zero-order valence-corrected chi connectivity index (χ0v) is 17.0. The Morgan fingerprint density at radius 2 is 1.83 bits per heavy atom. The van der Waals surface area contributed by atoms with Gasteiger partial charge < -0.3 is 20.3 Å². The predicted octanol–water partition coefficient (Wildman–Crippen LogP) is 1.49. The van der Waals surface area contributed by atoms with Gasteiger partial charge in [-0.05, 0) is 25.0 Å².